The Morgan fingerprint density at radius 1 is 1.31 bits per heavy atom. The van der Waals surface area contributed by atoms with Crippen LogP contribution in [-0.2, 0) is 18.3 Å². The monoisotopic (exact) mass is 350 g/mol. The van der Waals surface area contributed by atoms with E-state index in [1.165, 1.54) is 0 Å². The van der Waals surface area contributed by atoms with Crippen LogP contribution in [0.2, 0.25) is 0 Å². The average molecular weight is 350 g/mol. The molecule has 132 valence electrons. The summed E-state index contributed by atoms with van der Waals surface area (Å²) in [6.07, 6.45) is 0.627. The van der Waals surface area contributed by atoms with Gasteiger partial charge in [-0.15, -0.1) is 0 Å². The van der Waals surface area contributed by atoms with Crippen molar-refractivity contribution in [2.75, 3.05) is 18.5 Å². The molecule has 7 heteroatoms. The molecule has 2 heterocycles. The maximum Gasteiger partial charge on any atom is 0.262 e. The zero-order chi connectivity index (χ0) is 18.1. The van der Waals surface area contributed by atoms with E-state index in [0.29, 0.717) is 30.0 Å². The zero-order valence-corrected chi connectivity index (χ0v) is 14.3. The number of benzene rings is 2. The van der Waals surface area contributed by atoms with Crippen molar-refractivity contribution in [3.63, 3.8) is 0 Å². The van der Waals surface area contributed by atoms with Crippen molar-refractivity contribution >= 4 is 28.5 Å². The Balaban J connectivity index is 1.41. The third-order valence-corrected chi connectivity index (χ3v) is 4.39. The largest absolute Gasteiger partial charge is 0.482 e. The lowest BCUT2D eigenvalue weighted by atomic mass is 10.1. The molecule has 0 unspecified atom stereocenters. The Labute approximate surface area is 150 Å². The number of para-hydroxylation sites is 2. The lowest BCUT2D eigenvalue weighted by Gasteiger charge is -2.18. The Bertz CT molecular complexity index is 1010. The van der Waals surface area contributed by atoms with E-state index < -0.39 is 0 Å². The molecular formula is C19H18N4O3. The van der Waals surface area contributed by atoms with Crippen molar-refractivity contribution in [1.29, 1.82) is 0 Å². The van der Waals surface area contributed by atoms with Gasteiger partial charge in [0.15, 0.2) is 6.61 Å². The second-order valence-electron chi connectivity index (χ2n) is 6.13. The van der Waals surface area contributed by atoms with Gasteiger partial charge in [0, 0.05) is 25.6 Å². The molecule has 2 aromatic carbocycles. The number of imidazole rings is 1. The Hall–Kier alpha value is -3.35. The summed E-state index contributed by atoms with van der Waals surface area (Å²) < 4.78 is 7.33. The second kappa shape index (κ2) is 6.51. The van der Waals surface area contributed by atoms with E-state index in [0.717, 1.165) is 16.9 Å². The number of ether oxygens (including phenoxy) is 1. The van der Waals surface area contributed by atoms with Crippen LogP contribution in [0.1, 0.15) is 16.2 Å². The molecule has 2 N–H and O–H groups in total. The summed E-state index contributed by atoms with van der Waals surface area (Å²) in [4.78, 5) is 28.4. The lowest BCUT2D eigenvalue weighted by Crippen LogP contribution is -2.28. The molecule has 0 aliphatic carbocycles. The number of aromatic nitrogens is 2. The number of hydrogen-bond acceptors (Lipinski definition) is 4. The summed E-state index contributed by atoms with van der Waals surface area (Å²) in [6, 6.07) is 12.9. The van der Waals surface area contributed by atoms with Crippen molar-refractivity contribution in [2.24, 2.45) is 7.05 Å². The third-order valence-electron chi connectivity index (χ3n) is 4.39. The van der Waals surface area contributed by atoms with E-state index in [9.17, 15) is 9.59 Å². The summed E-state index contributed by atoms with van der Waals surface area (Å²) in [6.45, 7) is 0.465. The van der Waals surface area contributed by atoms with Gasteiger partial charge in [-0.2, -0.15) is 0 Å². The quantitative estimate of drug-likeness (QED) is 0.752. The zero-order valence-electron chi connectivity index (χ0n) is 14.3. The fourth-order valence-corrected chi connectivity index (χ4v) is 3.03. The second-order valence-corrected chi connectivity index (χ2v) is 6.13. The van der Waals surface area contributed by atoms with Crippen LogP contribution in [0.15, 0.2) is 42.5 Å². The summed E-state index contributed by atoms with van der Waals surface area (Å²) in [5.74, 6) is 1.06. The third kappa shape index (κ3) is 2.99. The van der Waals surface area contributed by atoms with Crippen molar-refractivity contribution < 1.29 is 14.3 Å². The molecule has 0 atom stereocenters. The predicted octanol–water partition coefficient (Wildman–Crippen LogP) is 1.88. The van der Waals surface area contributed by atoms with Crippen LogP contribution in [0.3, 0.4) is 0 Å². The number of carbonyl (C=O) groups excluding carboxylic acids is 2. The highest BCUT2D eigenvalue weighted by atomic mass is 16.5. The average Bonchev–Trinajstić information content (AvgIpc) is 2.97. The molecule has 7 nitrogen and oxygen atoms in total. The van der Waals surface area contributed by atoms with Crippen molar-refractivity contribution in [2.45, 2.75) is 6.42 Å². The Morgan fingerprint density at radius 3 is 3.00 bits per heavy atom. The highest BCUT2D eigenvalue weighted by Gasteiger charge is 2.17. The minimum absolute atomic E-state index is 0.00341. The highest BCUT2D eigenvalue weighted by molar-refractivity contribution is 5.99. The number of nitrogens with one attached hydrogen (secondary N) is 2. The summed E-state index contributed by atoms with van der Waals surface area (Å²) >= 11 is 0. The molecular weight excluding hydrogens is 332 g/mol. The number of rotatable bonds is 4. The van der Waals surface area contributed by atoms with Crippen LogP contribution in [0.25, 0.3) is 11.0 Å². The minimum Gasteiger partial charge on any atom is -0.482 e. The topological polar surface area (TPSA) is 85.2 Å². The van der Waals surface area contributed by atoms with Gasteiger partial charge in [0.05, 0.1) is 16.7 Å². The van der Waals surface area contributed by atoms with Crippen LogP contribution in [0.5, 0.6) is 5.75 Å². The van der Waals surface area contributed by atoms with Gasteiger partial charge in [0.1, 0.15) is 11.6 Å². The lowest BCUT2D eigenvalue weighted by molar-refractivity contribution is -0.118. The van der Waals surface area contributed by atoms with E-state index in [1.54, 1.807) is 18.2 Å². The molecule has 1 aromatic heterocycles. The fourth-order valence-electron chi connectivity index (χ4n) is 3.03. The summed E-state index contributed by atoms with van der Waals surface area (Å²) in [7, 11) is 1.97. The molecule has 0 spiro atoms. The van der Waals surface area contributed by atoms with Crippen molar-refractivity contribution in [3.8, 4) is 5.75 Å². The standard InChI is InChI=1S/C19H18N4O3/c1-23-15-5-3-2-4-13(15)21-17(23)8-9-20-19(25)12-6-7-16-14(10-12)22-18(24)11-26-16/h2-7,10H,8-9,11H2,1H3,(H,20,25)(H,22,24). The molecule has 0 fully saturated rings. The van der Waals surface area contributed by atoms with E-state index in [2.05, 4.69) is 15.6 Å². The summed E-state index contributed by atoms with van der Waals surface area (Å²) in [5.41, 5.74) is 3.00. The number of carbonyl (C=O) groups is 2. The molecule has 0 saturated heterocycles. The number of aryl methyl sites for hydroxylation is 1. The van der Waals surface area contributed by atoms with Crippen LogP contribution >= 0.6 is 0 Å². The molecule has 0 saturated carbocycles. The van der Waals surface area contributed by atoms with Crippen molar-refractivity contribution in [3.05, 3.63) is 53.9 Å². The van der Waals surface area contributed by atoms with E-state index in [1.807, 2.05) is 35.9 Å². The molecule has 3 aromatic rings. The smallest absolute Gasteiger partial charge is 0.262 e. The first-order valence-corrected chi connectivity index (χ1v) is 8.37. The SMILES string of the molecule is Cn1c(CCNC(=O)c2ccc3c(c2)NC(=O)CO3)nc2ccccc21. The number of amides is 2. The number of anilines is 1. The first-order valence-electron chi connectivity index (χ1n) is 8.37. The normalized spacial score (nSPS) is 13.0. The molecule has 4 rings (SSSR count). The van der Waals surface area contributed by atoms with E-state index >= 15 is 0 Å². The van der Waals surface area contributed by atoms with Crippen LogP contribution in [0, 0.1) is 0 Å². The minimum atomic E-state index is -0.225. The Morgan fingerprint density at radius 2 is 2.15 bits per heavy atom. The van der Waals surface area contributed by atoms with Gasteiger partial charge in [-0.05, 0) is 30.3 Å². The van der Waals surface area contributed by atoms with Gasteiger partial charge in [-0.25, -0.2) is 4.98 Å². The van der Waals surface area contributed by atoms with Gasteiger partial charge in [0.2, 0.25) is 0 Å². The highest BCUT2D eigenvalue weighted by Crippen LogP contribution is 2.28. The maximum atomic E-state index is 12.4. The molecule has 1 aliphatic heterocycles. The molecule has 0 bridgehead atoms. The first-order chi connectivity index (χ1) is 12.6. The molecule has 1 aliphatic rings. The van der Waals surface area contributed by atoms with Gasteiger partial charge in [0.25, 0.3) is 11.8 Å². The van der Waals surface area contributed by atoms with Crippen LogP contribution in [0.4, 0.5) is 5.69 Å². The summed E-state index contributed by atoms with van der Waals surface area (Å²) in [5, 5.41) is 5.59. The molecule has 2 amide bonds. The predicted molar refractivity (Wildman–Crippen MR) is 97.3 cm³/mol. The van der Waals surface area contributed by atoms with Crippen LogP contribution in [-0.4, -0.2) is 34.5 Å². The van der Waals surface area contributed by atoms with Crippen LogP contribution < -0.4 is 15.4 Å². The number of hydrogen-bond donors (Lipinski definition) is 2. The first kappa shape index (κ1) is 16.1. The molecule has 0 radical (unpaired) electrons. The van der Waals surface area contributed by atoms with Gasteiger partial charge in [-0.1, -0.05) is 12.1 Å². The van der Waals surface area contributed by atoms with Crippen molar-refractivity contribution in [1.82, 2.24) is 14.9 Å². The van der Waals surface area contributed by atoms with E-state index in [-0.39, 0.29) is 18.4 Å². The van der Waals surface area contributed by atoms with Gasteiger partial charge < -0.3 is 19.9 Å². The fraction of sp³-hybridized carbons (Fsp3) is 0.211. The number of nitrogens with zero attached hydrogens (tertiary/aromatic N) is 2. The maximum absolute atomic E-state index is 12.4. The molecule has 26 heavy (non-hydrogen) atoms. The number of fused-ring (bicyclic) bond motifs is 2. The van der Waals surface area contributed by atoms with E-state index in [4.69, 9.17) is 4.74 Å². The van der Waals surface area contributed by atoms with Gasteiger partial charge in [-0.3, -0.25) is 9.59 Å². The Kier molecular flexibility index (Phi) is 4.04. The van der Waals surface area contributed by atoms with Gasteiger partial charge >= 0.3 is 0 Å².